The predicted molar refractivity (Wildman–Crippen MR) is 64.8 cm³/mol. The Morgan fingerprint density at radius 2 is 2.31 bits per heavy atom. The molecule has 4 heteroatoms. The maximum Gasteiger partial charge on any atom is 0.249 e. The third-order valence-corrected chi connectivity index (χ3v) is 3.46. The predicted octanol–water partition coefficient (Wildman–Crippen LogP) is 2.57. The second kappa shape index (κ2) is 4.55. The normalized spacial score (nSPS) is 22.9. The second-order valence-corrected chi connectivity index (χ2v) is 4.94. The van der Waals surface area contributed by atoms with E-state index < -0.39 is 0 Å². The highest BCUT2D eigenvalue weighted by atomic mass is 79.9. The van der Waals surface area contributed by atoms with Crippen molar-refractivity contribution < 1.29 is 9.63 Å². The van der Waals surface area contributed by atoms with E-state index in [2.05, 4.69) is 28.1 Å². The van der Waals surface area contributed by atoms with E-state index in [0.29, 0.717) is 5.92 Å². The molecule has 1 aromatic rings. The zero-order valence-electron chi connectivity index (χ0n) is 9.31. The minimum Gasteiger partial charge on any atom is -0.275 e. The number of halogens is 1. The van der Waals surface area contributed by atoms with E-state index in [1.807, 2.05) is 12.1 Å². The zero-order chi connectivity index (χ0) is 11.7. The quantitative estimate of drug-likeness (QED) is 0.798. The van der Waals surface area contributed by atoms with Gasteiger partial charge in [-0.25, -0.2) is 5.06 Å². The van der Waals surface area contributed by atoms with Crippen LogP contribution in [0.3, 0.4) is 0 Å². The summed E-state index contributed by atoms with van der Waals surface area (Å²) in [5.74, 6) is 0.495. The van der Waals surface area contributed by atoms with Gasteiger partial charge in [-0.2, -0.15) is 0 Å². The first-order valence-corrected chi connectivity index (χ1v) is 6.00. The van der Waals surface area contributed by atoms with Gasteiger partial charge >= 0.3 is 0 Å². The highest BCUT2D eigenvalue weighted by Gasteiger charge is 2.45. The lowest BCUT2D eigenvalue weighted by Gasteiger charge is -2.13. The minimum atomic E-state index is 0.0625. The summed E-state index contributed by atoms with van der Waals surface area (Å²) in [6.07, 6.45) is 0.920. The van der Waals surface area contributed by atoms with Gasteiger partial charge in [0.2, 0.25) is 5.91 Å². The van der Waals surface area contributed by atoms with E-state index in [0.717, 1.165) is 10.9 Å². The SMILES string of the molecule is CON(C)C(=O)[C@H]1C[C@@H]1c1cccc(Br)c1. The second-order valence-electron chi connectivity index (χ2n) is 4.02. The van der Waals surface area contributed by atoms with Gasteiger partial charge in [0.1, 0.15) is 0 Å². The van der Waals surface area contributed by atoms with Gasteiger partial charge in [-0.15, -0.1) is 0 Å². The van der Waals surface area contributed by atoms with Gasteiger partial charge in [-0.3, -0.25) is 9.63 Å². The molecule has 1 aliphatic carbocycles. The summed E-state index contributed by atoms with van der Waals surface area (Å²) in [6.45, 7) is 0. The number of carbonyl (C=O) groups excluding carboxylic acids is 1. The van der Waals surface area contributed by atoms with Gasteiger partial charge in [0.25, 0.3) is 0 Å². The molecule has 0 N–H and O–H groups in total. The van der Waals surface area contributed by atoms with Gasteiger partial charge in [-0.1, -0.05) is 28.1 Å². The molecule has 86 valence electrons. The van der Waals surface area contributed by atoms with Crippen molar-refractivity contribution in [2.75, 3.05) is 14.2 Å². The topological polar surface area (TPSA) is 29.5 Å². The Morgan fingerprint density at radius 1 is 1.56 bits per heavy atom. The standard InChI is InChI=1S/C12H14BrNO2/c1-14(16-2)12(15)11-7-10(11)8-4-3-5-9(13)6-8/h3-6,10-11H,7H2,1-2H3/t10-,11+/m1/s1. The molecule has 0 aliphatic heterocycles. The summed E-state index contributed by atoms with van der Waals surface area (Å²) in [5.41, 5.74) is 1.22. The average molecular weight is 284 g/mol. The van der Waals surface area contributed by atoms with Gasteiger partial charge < -0.3 is 0 Å². The van der Waals surface area contributed by atoms with E-state index in [4.69, 9.17) is 4.84 Å². The Kier molecular flexibility index (Phi) is 3.30. The molecule has 0 spiro atoms. The number of amides is 1. The minimum absolute atomic E-state index is 0.0625. The van der Waals surface area contributed by atoms with Crippen LogP contribution in [0.2, 0.25) is 0 Å². The molecule has 0 unspecified atom stereocenters. The number of hydroxylamine groups is 2. The Balaban J connectivity index is 2.04. The summed E-state index contributed by atoms with van der Waals surface area (Å²) >= 11 is 3.44. The summed E-state index contributed by atoms with van der Waals surface area (Å²) < 4.78 is 1.06. The number of carbonyl (C=O) groups is 1. The van der Waals surface area contributed by atoms with Crippen molar-refractivity contribution in [2.24, 2.45) is 5.92 Å². The van der Waals surface area contributed by atoms with Crippen molar-refractivity contribution in [3.05, 3.63) is 34.3 Å². The lowest BCUT2D eigenvalue weighted by atomic mass is 10.1. The van der Waals surface area contributed by atoms with Crippen molar-refractivity contribution >= 4 is 21.8 Å². The molecule has 1 aliphatic rings. The zero-order valence-corrected chi connectivity index (χ0v) is 10.9. The van der Waals surface area contributed by atoms with Crippen LogP contribution in [0.5, 0.6) is 0 Å². The number of hydrogen-bond acceptors (Lipinski definition) is 2. The summed E-state index contributed by atoms with van der Waals surface area (Å²) in [4.78, 5) is 16.7. The Labute approximate surface area is 103 Å². The molecule has 1 saturated carbocycles. The Morgan fingerprint density at radius 3 is 2.94 bits per heavy atom. The first-order chi connectivity index (χ1) is 7.63. The third kappa shape index (κ3) is 2.28. The van der Waals surface area contributed by atoms with Gasteiger partial charge in [0.05, 0.1) is 7.11 Å². The molecule has 16 heavy (non-hydrogen) atoms. The monoisotopic (exact) mass is 283 g/mol. The molecule has 2 atom stereocenters. The third-order valence-electron chi connectivity index (χ3n) is 2.97. The van der Waals surface area contributed by atoms with Crippen LogP contribution in [0, 0.1) is 5.92 Å². The Bertz CT molecular complexity index is 408. The average Bonchev–Trinajstić information content (AvgIpc) is 3.07. The lowest BCUT2D eigenvalue weighted by molar-refractivity contribution is -0.170. The van der Waals surface area contributed by atoms with Crippen molar-refractivity contribution in [1.82, 2.24) is 5.06 Å². The van der Waals surface area contributed by atoms with Crippen molar-refractivity contribution in [3.8, 4) is 0 Å². The molecule has 0 bridgehead atoms. The number of benzene rings is 1. The molecule has 1 aromatic carbocycles. The summed E-state index contributed by atoms with van der Waals surface area (Å²) in [5, 5.41) is 1.31. The van der Waals surface area contributed by atoms with Gasteiger partial charge in [0.15, 0.2) is 0 Å². The van der Waals surface area contributed by atoms with Crippen LogP contribution in [-0.4, -0.2) is 25.1 Å². The molecular formula is C12H14BrNO2. The Hall–Kier alpha value is -0.870. The molecule has 0 aromatic heterocycles. The molecule has 3 nitrogen and oxygen atoms in total. The van der Waals surface area contributed by atoms with Crippen molar-refractivity contribution in [1.29, 1.82) is 0 Å². The number of hydrogen-bond donors (Lipinski definition) is 0. The fourth-order valence-electron chi connectivity index (χ4n) is 1.90. The lowest BCUT2D eigenvalue weighted by Crippen LogP contribution is -2.27. The van der Waals surface area contributed by atoms with Crippen LogP contribution >= 0.6 is 15.9 Å². The molecular weight excluding hydrogens is 270 g/mol. The van der Waals surface area contributed by atoms with E-state index in [1.54, 1.807) is 7.05 Å². The molecule has 1 amide bonds. The van der Waals surface area contributed by atoms with Gasteiger partial charge in [0, 0.05) is 17.4 Å². The number of nitrogens with zero attached hydrogens (tertiary/aromatic N) is 1. The van der Waals surface area contributed by atoms with Crippen LogP contribution in [0.1, 0.15) is 17.9 Å². The van der Waals surface area contributed by atoms with E-state index in [9.17, 15) is 4.79 Å². The van der Waals surface area contributed by atoms with Gasteiger partial charge in [-0.05, 0) is 30.0 Å². The van der Waals surface area contributed by atoms with Crippen LogP contribution in [0.4, 0.5) is 0 Å². The first-order valence-electron chi connectivity index (χ1n) is 5.20. The maximum absolute atomic E-state index is 11.8. The fraction of sp³-hybridized carbons (Fsp3) is 0.417. The fourth-order valence-corrected chi connectivity index (χ4v) is 2.31. The molecule has 0 heterocycles. The van der Waals surface area contributed by atoms with Crippen molar-refractivity contribution in [3.63, 3.8) is 0 Å². The van der Waals surface area contributed by atoms with Crippen LogP contribution in [0.25, 0.3) is 0 Å². The number of rotatable bonds is 3. The van der Waals surface area contributed by atoms with E-state index in [1.165, 1.54) is 17.7 Å². The molecule has 2 rings (SSSR count). The maximum atomic E-state index is 11.8. The largest absolute Gasteiger partial charge is 0.275 e. The summed E-state index contributed by atoms with van der Waals surface area (Å²) in [6, 6.07) is 8.13. The summed E-state index contributed by atoms with van der Waals surface area (Å²) in [7, 11) is 3.16. The highest BCUT2D eigenvalue weighted by Crippen LogP contribution is 2.48. The molecule has 1 fully saturated rings. The van der Waals surface area contributed by atoms with E-state index in [-0.39, 0.29) is 11.8 Å². The smallest absolute Gasteiger partial charge is 0.249 e. The van der Waals surface area contributed by atoms with Crippen LogP contribution in [-0.2, 0) is 9.63 Å². The van der Waals surface area contributed by atoms with Crippen molar-refractivity contribution in [2.45, 2.75) is 12.3 Å². The molecule has 0 saturated heterocycles. The van der Waals surface area contributed by atoms with E-state index >= 15 is 0 Å². The highest BCUT2D eigenvalue weighted by molar-refractivity contribution is 9.10. The molecule has 0 radical (unpaired) electrons. The van der Waals surface area contributed by atoms with Crippen LogP contribution in [0.15, 0.2) is 28.7 Å². The van der Waals surface area contributed by atoms with Crippen LogP contribution < -0.4 is 0 Å². The first kappa shape index (κ1) is 11.6.